The molecule has 3 aliphatic rings. The number of amides is 3. The fourth-order valence-electron chi connectivity index (χ4n) is 11.0. The Balaban J connectivity index is 1.50. The maximum absolute atomic E-state index is 14.6. The number of nitrogens with zero attached hydrogens (tertiary/aromatic N) is 4. The van der Waals surface area contributed by atoms with Gasteiger partial charge < -0.3 is 29.9 Å². The molecule has 12 nitrogen and oxygen atoms in total. The number of nitrogens with two attached hydrogens (primary N) is 1. The van der Waals surface area contributed by atoms with Crippen LogP contribution in [0, 0.1) is 35.0 Å². The molecule has 1 saturated carbocycles. The number of benzene rings is 1. The van der Waals surface area contributed by atoms with Gasteiger partial charge in [0.15, 0.2) is 5.78 Å². The van der Waals surface area contributed by atoms with Gasteiger partial charge in [-0.05, 0) is 94.3 Å². The average Bonchev–Trinajstić information content (AvgIpc) is 3.79. The summed E-state index contributed by atoms with van der Waals surface area (Å²) >= 11 is 0. The maximum atomic E-state index is 14.6. The normalized spacial score (nSPS) is 23.8. The van der Waals surface area contributed by atoms with Crippen LogP contribution in [0.5, 0.6) is 0 Å². The molecule has 10 atom stereocenters. The summed E-state index contributed by atoms with van der Waals surface area (Å²) in [6.07, 6.45) is 5.95. The van der Waals surface area contributed by atoms with Gasteiger partial charge in [0.1, 0.15) is 5.78 Å². The van der Waals surface area contributed by atoms with Crippen LogP contribution in [-0.4, -0.2) is 140 Å². The fraction of sp³-hybridized carbons (Fsp3) is 0.780. The van der Waals surface area contributed by atoms with E-state index in [1.165, 1.54) is 0 Å². The van der Waals surface area contributed by atoms with Gasteiger partial charge in [-0.3, -0.25) is 28.9 Å². The number of hydrogen-bond acceptors (Lipinski definition) is 9. The van der Waals surface area contributed by atoms with E-state index >= 15 is 0 Å². The lowest BCUT2D eigenvalue weighted by Gasteiger charge is -2.41. The lowest BCUT2D eigenvalue weighted by Crippen LogP contribution is -2.54. The van der Waals surface area contributed by atoms with Crippen molar-refractivity contribution in [1.29, 1.82) is 0 Å². The van der Waals surface area contributed by atoms with Crippen LogP contribution in [0.15, 0.2) is 30.3 Å². The third-order valence-electron chi connectivity index (χ3n) is 14.9. The Bertz CT molecular complexity index is 1620. The lowest BCUT2D eigenvalue weighted by atomic mass is 9.83. The summed E-state index contributed by atoms with van der Waals surface area (Å²) in [6.45, 7) is 17.4. The van der Waals surface area contributed by atoms with Crippen molar-refractivity contribution < 1.29 is 33.4 Å². The van der Waals surface area contributed by atoms with Crippen LogP contribution < -0.4 is 5.73 Å². The van der Waals surface area contributed by atoms with Crippen molar-refractivity contribution in [1.82, 2.24) is 19.6 Å². The van der Waals surface area contributed by atoms with Crippen LogP contribution in [0.25, 0.3) is 0 Å². The number of methoxy groups -OCH3 is 2. The molecular formula is C50H83N5O7. The van der Waals surface area contributed by atoms with Crippen molar-refractivity contribution in [2.45, 2.75) is 155 Å². The van der Waals surface area contributed by atoms with E-state index in [2.05, 4.69) is 30.9 Å². The molecule has 0 aromatic heterocycles. The molecule has 12 heteroatoms. The molecule has 4 rings (SSSR count). The van der Waals surface area contributed by atoms with Crippen molar-refractivity contribution in [2.75, 3.05) is 61.0 Å². The van der Waals surface area contributed by atoms with E-state index < -0.39 is 35.5 Å². The third kappa shape index (κ3) is 12.1. The van der Waals surface area contributed by atoms with Crippen LogP contribution in [0.2, 0.25) is 0 Å². The van der Waals surface area contributed by atoms with Gasteiger partial charge in [-0.2, -0.15) is 0 Å². The summed E-state index contributed by atoms with van der Waals surface area (Å²) < 4.78 is 12.3. The Hall–Kier alpha value is -3.19. The molecule has 1 aromatic carbocycles. The van der Waals surface area contributed by atoms with Gasteiger partial charge in [0.2, 0.25) is 17.7 Å². The Labute approximate surface area is 374 Å². The first-order valence-electron chi connectivity index (χ1n) is 23.9. The molecule has 1 aromatic rings. The standard InChI is InChI=1S/C50H83N5O7/c1-12-35(6)46(53(9)48(59)38(33(2)3)29-41(56)45(34(4)5)52(8)25-20-24-51)43(61-10)30-44(58)55-28-19-23-40(55)47(62-11)36(7)42(57)32-50(49(60)54-26-17-14-18-27-54)31-39(50)37-21-15-13-16-22-37/h13,15-16,21-22,33-36,38-40,43,45-47H,12,14,17-20,23-32,51H2,1-11H3/t35-,36-,38-,39+,40-,43+,45-,46-,47+,50-/m0/s1. The molecule has 3 amide bonds. The van der Waals surface area contributed by atoms with Gasteiger partial charge in [0, 0.05) is 65.6 Å². The van der Waals surface area contributed by atoms with Crippen LogP contribution in [0.1, 0.15) is 131 Å². The van der Waals surface area contributed by atoms with Crippen molar-refractivity contribution in [3.05, 3.63) is 35.9 Å². The zero-order valence-corrected chi connectivity index (χ0v) is 40.3. The largest absolute Gasteiger partial charge is 0.379 e. The summed E-state index contributed by atoms with van der Waals surface area (Å²) in [6, 6.07) is 9.03. The van der Waals surface area contributed by atoms with Crippen molar-refractivity contribution in [2.24, 2.45) is 40.7 Å². The number of piperidine rings is 1. The van der Waals surface area contributed by atoms with Gasteiger partial charge >= 0.3 is 0 Å². The van der Waals surface area contributed by atoms with E-state index in [-0.39, 0.29) is 84.3 Å². The molecule has 2 saturated heterocycles. The second kappa shape index (κ2) is 23.7. The fourth-order valence-corrected chi connectivity index (χ4v) is 11.0. The molecule has 1 aliphatic carbocycles. The van der Waals surface area contributed by atoms with Crippen molar-refractivity contribution in [3.63, 3.8) is 0 Å². The highest BCUT2D eigenvalue weighted by molar-refractivity contribution is 5.94. The van der Waals surface area contributed by atoms with E-state index in [0.29, 0.717) is 32.5 Å². The van der Waals surface area contributed by atoms with Gasteiger partial charge in [0.25, 0.3) is 0 Å². The second-order valence-electron chi connectivity index (χ2n) is 19.7. The molecule has 2 aliphatic heterocycles. The van der Waals surface area contributed by atoms with Crippen LogP contribution >= 0.6 is 0 Å². The van der Waals surface area contributed by atoms with Crippen LogP contribution in [0.3, 0.4) is 0 Å². The highest BCUT2D eigenvalue weighted by Crippen LogP contribution is 2.63. The summed E-state index contributed by atoms with van der Waals surface area (Å²) in [5.74, 6) is -1.17. The zero-order valence-electron chi connectivity index (χ0n) is 40.3. The summed E-state index contributed by atoms with van der Waals surface area (Å²) in [5, 5.41) is 0. The average molecular weight is 866 g/mol. The minimum Gasteiger partial charge on any atom is -0.379 e. The lowest BCUT2D eigenvalue weighted by molar-refractivity contribution is -0.149. The van der Waals surface area contributed by atoms with Crippen LogP contribution in [-0.2, 0) is 33.4 Å². The maximum Gasteiger partial charge on any atom is 0.229 e. The molecule has 0 unspecified atom stereocenters. The Morgan fingerprint density at radius 1 is 0.855 bits per heavy atom. The van der Waals surface area contributed by atoms with E-state index in [4.69, 9.17) is 15.2 Å². The smallest absolute Gasteiger partial charge is 0.229 e. The highest BCUT2D eigenvalue weighted by atomic mass is 16.5. The first-order chi connectivity index (χ1) is 29.5. The number of likely N-dealkylation sites (N-methyl/N-ethyl adjacent to an activating group) is 2. The summed E-state index contributed by atoms with van der Waals surface area (Å²) in [4.78, 5) is 79.4. The summed E-state index contributed by atoms with van der Waals surface area (Å²) in [5.41, 5.74) is 6.12. The van der Waals surface area contributed by atoms with Gasteiger partial charge in [-0.15, -0.1) is 0 Å². The predicted octanol–water partition coefficient (Wildman–Crippen LogP) is 6.59. The third-order valence-corrected chi connectivity index (χ3v) is 14.9. The number of ketones is 2. The first-order valence-corrected chi connectivity index (χ1v) is 23.9. The Morgan fingerprint density at radius 2 is 1.52 bits per heavy atom. The molecule has 62 heavy (non-hydrogen) atoms. The van der Waals surface area contributed by atoms with Crippen molar-refractivity contribution >= 4 is 29.3 Å². The Morgan fingerprint density at radius 3 is 2.08 bits per heavy atom. The molecule has 350 valence electrons. The molecule has 0 spiro atoms. The minimum absolute atomic E-state index is 0.00290. The molecule has 3 fully saturated rings. The number of likely N-dealkylation sites (tertiary alicyclic amines) is 2. The van der Waals surface area contributed by atoms with Gasteiger partial charge in [-0.25, -0.2) is 0 Å². The topological polar surface area (TPSA) is 143 Å². The van der Waals surface area contributed by atoms with Gasteiger partial charge in [-0.1, -0.05) is 85.2 Å². The highest BCUT2D eigenvalue weighted by Gasteiger charge is 2.62. The number of carbonyl (C=O) groups excluding carboxylic acids is 5. The number of ether oxygens (including phenoxy) is 2. The summed E-state index contributed by atoms with van der Waals surface area (Å²) in [7, 11) is 6.96. The Kier molecular flexibility index (Phi) is 19.6. The quantitative estimate of drug-likeness (QED) is 0.115. The zero-order chi connectivity index (χ0) is 45.9. The minimum atomic E-state index is -0.757. The molecule has 0 radical (unpaired) electrons. The van der Waals surface area contributed by atoms with E-state index in [0.717, 1.165) is 57.2 Å². The SMILES string of the molecule is CC[C@H](C)[C@@H]([C@@H](CC(=O)N1CCC[C@H]1[C@H](OC)[C@@H](C)C(=O)C[C@@]1(C(=O)N2CCCCC2)C[C@@H]1c1ccccc1)OC)N(C)C(=O)[C@@H](CC(=O)[C@H](C(C)C)N(C)CCCN)C(C)C. The second-order valence-corrected chi connectivity index (χ2v) is 19.7. The molecular weight excluding hydrogens is 783 g/mol. The number of Topliss-reactive ketones (excluding diaryl/α,β-unsaturated/α-hetero) is 2. The molecule has 2 heterocycles. The molecule has 0 bridgehead atoms. The first kappa shape index (κ1) is 51.4. The van der Waals surface area contributed by atoms with Crippen molar-refractivity contribution in [3.8, 4) is 0 Å². The van der Waals surface area contributed by atoms with E-state index in [9.17, 15) is 24.0 Å². The number of hydrogen-bond donors (Lipinski definition) is 1. The van der Waals surface area contributed by atoms with Crippen LogP contribution in [0.4, 0.5) is 0 Å². The monoisotopic (exact) mass is 866 g/mol. The number of rotatable bonds is 25. The number of carbonyl (C=O) groups is 5. The van der Waals surface area contributed by atoms with E-state index in [1.54, 1.807) is 26.2 Å². The van der Waals surface area contributed by atoms with Gasteiger partial charge in [0.05, 0.1) is 42.2 Å². The molecule has 2 N–H and O–H groups in total. The van der Waals surface area contributed by atoms with E-state index in [1.807, 2.05) is 69.7 Å². The predicted molar refractivity (Wildman–Crippen MR) is 245 cm³/mol.